The Bertz CT molecular complexity index is 1290. The molecule has 1 saturated heterocycles. The monoisotopic (exact) mass is 501 g/mol. The fourth-order valence-corrected chi connectivity index (χ4v) is 4.45. The smallest absolute Gasteiger partial charge is 0.339 e. The lowest BCUT2D eigenvalue weighted by Crippen LogP contribution is -2.45. The summed E-state index contributed by atoms with van der Waals surface area (Å²) in [5, 5.41) is 15.1. The molecule has 8 heteroatoms. The number of nitrogens with zero attached hydrogens (tertiary/aromatic N) is 1. The third-order valence-electron chi connectivity index (χ3n) is 6.56. The fraction of sp³-hybridized carbons (Fsp3) is 0.276. The van der Waals surface area contributed by atoms with Crippen LogP contribution in [-0.2, 0) is 4.79 Å². The first-order valence-corrected chi connectivity index (χ1v) is 12.3. The molecule has 1 aliphatic rings. The summed E-state index contributed by atoms with van der Waals surface area (Å²) in [7, 11) is 1.43. The second kappa shape index (κ2) is 11.2. The first-order chi connectivity index (χ1) is 17.8. The van der Waals surface area contributed by atoms with Gasteiger partial charge >= 0.3 is 12.0 Å². The molecule has 0 radical (unpaired) electrons. The van der Waals surface area contributed by atoms with Crippen LogP contribution in [0.5, 0.6) is 5.75 Å². The van der Waals surface area contributed by atoms with Crippen molar-refractivity contribution in [1.82, 2.24) is 4.90 Å². The summed E-state index contributed by atoms with van der Waals surface area (Å²) in [6, 6.07) is 19.0. The topological polar surface area (TPSA) is 108 Å². The van der Waals surface area contributed by atoms with Gasteiger partial charge in [-0.3, -0.25) is 4.79 Å². The molecule has 192 valence electrons. The predicted octanol–water partition coefficient (Wildman–Crippen LogP) is 5.82. The standard InChI is InChI=1S/C29H31N3O5/c1-18(2)19-6-11-23(12-7-19)31-29(36)32-16-4-5-25(32)27(33)30-22-13-8-20(9-14-22)21-10-15-24(28(34)35)26(17-21)37-3/h6-15,17-18,25H,4-5,16H2,1-3H3,(H,30,33)(H,31,36)(H,34,35)/t25-/m0/s1. The van der Waals surface area contributed by atoms with E-state index in [1.165, 1.54) is 18.7 Å². The number of carbonyl (C=O) groups excluding carboxylic acids is 2. The molecule has 8 nitrogen and oxygen atoms in total. The van der Waals surface area contributed by atoms with Gasteiger partial charge in [-0.2, -0.15) is 0 Å². The molecule has 0 aliphatic carbocycles. The number of benzene rings is 3. The van der Waals surface area contributed by atoms with Crippen LogP contribution in [0.4, 0.5) is 16.2 Å². The van der Waals surface area contributed by atoms with Crippen LogP contribution >= 0.6 is 0 Å². The first kappa shape index (κ1) is 25.8. The number of ether oxygens (including phenoxy) is 1. The Balaban J connectivity index is 1.40. The molecule has 0 aromatic heterocycles. The predicted molar refractivity (Wildman–Crippen MR) is 143 cm³/mol. The van der Waals surface area contributed by atoms with Crippen molar-refractivity contribution in [3.63, 3.8) is 0 Å². The molecule has 0 unspecified atom stereocenters. The van der Waals surface area contributed by atoms with Crippen molar-refractivity contribution in [2.24, 2.45) is 0 Å². The second-order valence-electron chi connectivity index (χ2n) is 9.35. The molecule has 1 aliphatic heterocycles. The Kier molecular flexibility index (Phi) is 7.77. The van der Waals surface area contributed by atoms with E-state index < -0.39 is 12.0 Å². The molecule has 3 aromatic rings. The molecule has 3 N–H and O–H groups in total. The number of nitrogens with one attached hydrogen (secondary N) is 2. The zero-order valence-corrected chi connectivity index (χ0v) is 21.2. The van der Waals surface area contributed by atoms with Crippen molar-refractivity contribution in [3.05, 3.63) is 77.9 Å². The molecule has 0 saturated carbocycles. The third kappa shape index (κ3) is 5.91. The maximum Gasteiger partial charge on any atom is 0.339 e. The summed E-state index contributed by atoms with van der Waals surface area (Å²) >= 11 is 0. The highest BCUT2D eigenvalue weighted by molar-refractivity contribution is 5.99. The van der Waals surface area contributed by atoms with E-state index >= 15 is 0 Å². The number of hydrogen-bond donors (Lipinski definition) is 3. The molecular formula is C29H31N3O5. The van der Waals surface area contributed by atoms with Gasteiger partial charge in [-0.05, 0) is 71.8 Å². The van der Waals surface area contributed by atoms with Crippen LogP contribution in [-0.4, -0.2) is 47.6 Å². The third-order valence-corrected chi connectivity index (χ3v) is 6.56. The highest BCUT2D eigenvalue weighted by Crippen LogP contribution is 2.29. The zero-order valence-electron chi connectivity index (χ0n) is 21.2. The van der Waals surface area contributed by atoms with E-state index in [1.807, 2.05) is 36.4 Å². The molecule has 0 spiro atoms. The number of methoxy groups -OCH3 is 1. The van der Waals surface area contributed by atoms with Crippen LogP contribution in [0.3, 0.4) is 0 Å². The van der Waals surface area contributed by atoms with E-state index in [0.29, 0.717) is 30.3 Å². The summed E-state index contributed by atoms with van der Waals surface area (Å²) in [5.74, 6) is -0.605. The van der Waals surface area contributed by atoms with Gasteiger partial charge in [0.15, 0.2) is 0 Å². The summed E-state index contributed by atoms with van der Waals surface area (Å²) < 4.78 is 5.21. The maximum atomic E-state index is 13.0. The summed E-state index contributed by atoms with van der Waals surface area (Å²) in [6.07, 6.45) is 1.35. The number of carboxylic acid groups (broad SMARTS) is 1. The largest absolute Gasteiger partial charge is 0.496 e. The van der Waals surface area contributed by atoms with E-state index in [2.05, 4.69) is 24.5 Å². The first-order valence-electron chi connectivity index (χ1n) is 12.3. The number of likely N-dealkylation sites (tertiary alicyclic amines) is 1. The van der Waals surface area contributed by atoms with Crippen LogP contribution < -0.4 is 15.4 Å². The Morgan fingerprint density at radius 1 is 0.919 bits per heavy atom. The lowest BCUT2D eigenvalue weighted by atomic mass is 10.0. The van der Waals surface area contributed by atoms with Gasteiger partial charge in [0.05, 0.1) is 7.11 Å². The van der Waals surface area contributed by atoms with Crippen molar-refractivity contribution in [1.29, 1.82) is 0 Å². The number of rotatable bonds is 7. The van der Waals surface area contributed by atoms with Gasteiger partial charge in [0, 0.05) is 17.9 Å². The average Bonchev–Trinajstić information content (AvgIpc) is 3.39. The molecule has 3 aromatic carbocycles. The van der Waals surface area contributed by atoms with Crippen LogP contribution in [0, 0.1) is 0 Å². The highest BCUT2D eigenvalue weighted by atomic mass is 16.5. The molecule has 1 fully saturated rings. The van der Waals surface area contributed by atoms with E-state index in [-0.39, 0.29) is 23.3 Å². The lowest BCUT2D eigenvalue weighted by molar-refractivity contribution is -0.119. The van der Waals surface area contributed by atoms with E-state index in [0.717, 1.165) is 17.5 Å². The molecule has 1 atom stereocenters. The second-order valence-corrected chi connectivity index (χ2v) is 9.35. The van der Waals surface area contributed by atoms with E-state index in [9.17, 15) is 19.5 Å². The minimum absolute atomic E-state index is 0.0906. The quantitative estimate of drug-likeness (QED) is 0.378. The fourth-order valence-electron chi connectivity index (χ4n) is 4.45. The number of anilines is 2. The number of carboxylic acids is 1. The van der Waals surface area contributed by atoms with Crippen LogP contribution in [0.2, 0.25) is 0 Å². The Hall–Kier alpha value is -4.33. The Morgan fingerprint density at radius 3 is 2.16 bits per heavy atom. The number of hydrogen-bond acceptors (Lipinski definition) is 4. The normalized spacial score (nSPS) is 14.9. The molecule has 4 rings (SSSR count). The number of urea groups is 1. The van der Waals surface area contributed by atoms with Gasteiger partial charge < -0.3 is 25.4 Å². The van der Waals surface area contributed by atoms with Gasteiger partial charge in [0.25, 0.3) is 0 Å². The van der Waals surface area contributed by atoms with Crippen molar-refractivity contribution < 1.29 is 24.2 Å². The molecule has 1 heterocycles. The van der Waals surface area contributed by atoms with E-state index in [1.54, 1.807) is 29.2 Å². The molecule has 0 bridgehead atoms. The molecule has 3 amide bonds. The molecular weight excluding hydrogens is 470 g/mol. The maximum absolute atomic E-state index is 13.0. The van der Waals surface area contributed by atoms with Crippen LogP contribution in [0.25, 0.3) is 11.1 Å². The summed E-state index contributed by atoms with van der Waals surface area (Å²) in [4.78, 5) is 38.9. The van der Waals surface area contributed by atoms with Crippen LogP contribution in [0.1, 0.15) is 48.5 Å². The van der Waals surface area contributed by atoms with Gasteiger partial charge in [-0.1, -0.05) is 44.2 Å². The van der Waals surface area contributed by atoms with Gasteiger partial charge in [0.1, 0.15) is 17.4 Å². The Morgan fingerprint density at radius 2 is 1.54 bits per heavy atom. The average molecular weight is 502 g/mol. The zero-order chi connectivity index (χ0) is 26.5. The highest BCUT2D eigenvalue weighted by Gasteiger charge is 2.34. The summed E-state index contributed by atoms with van der Waals surface area (Å²) in [6.45, 7) is 4.75. The van der Waals surface area contributed by atoms with Gasteiger partial charge in [0.2, 0.25) is 5.91 Å². The van der Waals surface area contributed by atoms with E-state index in [4.69, 9.17) is 4.74 Å². The van der Waals surface area contributed by atoms with Crippen molar-refractivity contribution in [2.75, 3.05) is 24.3 Å². The number of aromatic carboxylic acids is 1. The number of amides is 3. The number of carbonyl (C=O) groups is 3. The lowest BCUT2D eigenvalue weighted by Gasteiger charge is -2.24. The Labute approximate surface area is 216 Å². The molecule has 37 heavy (non-hydrogen) atoms. The van der Waals surface area contributed by atoms with Crippen molar-refractivity contribution >= 4 is 29.3 Å². The van der Waals surface area contributed by atoms with Gasteiger partial charge in [-0.15, -0.1) is 0 Å². The summed E-state index contributed by atoms with van der Waals surface area (Å²) in [5.41, 5.74) is 4.23. The minimum Gasteiger partial charge on any atom is -0.496 e. The SMILES string of the molecule is COc1cc(-c2ccc(NC(=O)[C@@H]3CCCN3C(=O)Nc3ccc(C(C)C)cc3)cc2)ccc1C(=O)O. The minimum atomic E-state index is -1.06. The van der Waals surface area contributed by atoms with Crippen LogP contribution in [0.15, 0.2) is 66.7 Å². The van der Waals surface area contributed by atoms with Crippen molar-refractivity contribution in [2.45, 2.75) is 38.6 Å². The van der Waals surface area contributed by atoms with Gasteiger partial charge in [-0.25, -0.2) is 9.59 Å². The van der Waals surface area contributed by atoms with Crippen molar-refractivity contribution in [3.8, 4) is 16.9 Å².